The number of para-hydroxylation sites is 1. The van der Waals surface area contributed by atoms with E-state index in [1.54, 1.807) is 12.1 Å². The number of hydrogen-bond donors (Lipinski definition) is 3. The lowest BCUT2D eigenvalue weighted by molar-refractivity contribution is -0.136. The van der Waals surface area contributed by atoms with Gasteiger partial charge in [-0.15, -0.1) is 0 Å². The quantitative estimate of drug-likeness (QED) is 0.314. The third kappa shape index (κ3) is 4.56. The van der Waals surface area contributed by atoms with Crippen LogP contribution in [0.25, 0.3) is 0 Å². The van der Waals surface area contributed by atoms with Crippen molar-refractivity contribution in [2.45, 2.75) is 50.1 Å². The van der Waals surface area contributed by atoms with E-state index in [0.29, 0.717) is 5.69 Å². The smallest absolute Gasteiger partial charge is 0.418 e. The lowest BCUT2D eigenvalue weighted by Crippen LogP contribution is -2.48. The third-order valence-electron chi connectivity index (χ3n) is 8.58. The van der Waals surface area contributed by atoms with Gasteiger partial charge in [-0.25, -0.2) is 4.79 Å². The molecule has 3 N–H and O–H groups in total. The number of carbonyl (C=O) groups is 1. The molecule has 0 aliphatic heterocycles. The van der Waals surface area contributed by atoms with Crippen LogP contribution in [-0.4, -0.2) is 11.1 Å². The lowest BCUT2D eigenvalue weighted by atomic mass is 9.48. The minimum Gasteiger partial charge on any atom is -0.478 e. The Bertz CT molecular complexity index is 1300. The molecule has 4 aliphatic carbocycles. The molecule has 37 heavy (non-hydrogen) atoms. The van der Waals surface area contributed by atoms with Crippen LogP contribution < -0.4 is 10.6 Å². The van der Waals surface area contributed by atoms with Gasteiger partial charge in [-0.05, 0) is 110 Å². The van der Waals surface area contributed by atoms with Crippen molar-refractivity contribution in [2.24, 2.45) is 17.8 Å². The Morgan fingerprint density at radius 3 is 1.97 bits per heavy atom. The summed E-state index contributed by atoms with van der Waals surface area (Å²) in [6, 6.07) is 18.1. The maximum absolute atomic E-state index is 14.0. The summed E-state index contributed by atoms with van der Waals surface area (Å²) in [6.45, 7) is 0. The molecule has 0 heterocycles. The number of rotatable bonds is 6. The van der Waals surface area contributed by atoms with Gasteiger partial charge in [-0.3, -0.25) is 0 Å². The van der Waals surface area contributed by atoms with Crippen LogP contribution in [0.3, 0.4) is 0 Å². The van der Waals surface area contributed by atoms with Crippen molar-refractivity contribution in [1.29, 1.82) is 0 Å². The van der Waals surface area contributed by atoms with Gasteiger partial charge >= 0.3 is 12.1 Å². The highest BCUT2D eigenvalue weighted by molar-refractivity contribution is 5.95. The van der Waals surface area contributed by atoms with Crippen molar-refractivity contribution in [3.8, 4) is 0 Å². The summed E-state index contributed by atoms with van der Waals surface area (Å²) in [5.41, 5.74) is 1.61. The number of halogens is 3. The summed E-state index contributed by atoms with van der Waals surface area (Å²) in [7, 11) is 0. The van der Waals surface area contributed by atoms with Crippen LogP contribution >= 0.6 is 0 Å². The van der Waals surface area contributed by atoms with Crippen molar-refractivity contribution in [1.82, 2.24) is 0 Å². The highest BCUT2D eigenvalue weighted by Crippen LogP contribution is 2.60. The van der Waals surface area contributed by atoms with E-state index in [9.17, 15) is 23.1 Å². The molecular formula is C30H29F3N2O2. The van der Waals surface area contributed by atoms with E-state index < -0.39 is 17.7 Å². The number of carboxylic acids is 1. The third-order valence-corrected chi connectivity index (χ3v) is 8.58. The number of hydrogen-bond acceptors (Lipinski definition) is 3. The molecule has 3 aromatic carbocycles. The van der Waals surface area contributed by atoms with E-state index in [1.807, 2.05) is 12.1 Å². The number of nitrogens with one attached hydrogen (secondary N) is 2. The van der Waals surface area contributed by atoms with Gasteiger partial charge in [0.05, 0.1) is 22.5 Å². The maximum atomic E-state index is 14.0. The van der Waals surface area contributed by atoms with E-state index >= 15 is 0 Å². The summed E-state index contributed by atoms with van der Waals surface area (Å²) in [6.07, 6.45) is 3.31. The molecule has 0 saturated heterocycles. The Morgan fingerprint density at radius 2 is 1.38 bits per heavy atom. The largest absolute Gasteiger partial charge is 0.478 e. The molecule has 4 saturated carbocycles. The standard InChI is InChI=1S/C30H29F3N2O2/c31-30(32,33)25-14-23(9-10-27(25)35-26-4-2-1-3-24(26)28(36)37)34-22-7-5-21(6-8-22)29-15-18-11-19(16-29)13-20(12-18)17-29/h1-10,14,18-20,34-35H,11-13,15-17H2,(H,36,37). The first-order chi connectivity index (χ1) is 17.7. The van der Waals surface area contributed by atoms with Gasteiger partial charge in [0.2, 0.25) is 0 Å². The summed E-state index contributed by atoms with van der Waals surface area (Å²) in [5, 5.41) is 15.2. The zero-order valence-electron chi connectivity index (χ0n) is 20.3. The first-order valence-electron chi connectivity index (χ1n) is 12.9. The van der Waals surface area contributed by atoms with Gasteiger partial charge in [0.1, 0.15) is 0 Å². The van der Waals surface area contributed by atoms with Crippen LogP contribution in [-0.2, 0) is 11.6 Å². The Balaban J connectivity index is 1.23. The first kappa shape index (κ1) is 23.9. The van der Waals surface area contributed by atoms with E-state index in [-0.39, 0.29) is 22.4 Å². The molecule has 7 heteroatoms. The van der Waals surface area contributed by atoms with Gasteiger partial charge in [0, 0.05) is 11.4 Å². The van der Waals surface area contributed by atoms with Gasteiger partial charge in [0.25, 0.3) is 0 Å². The first-order valence-corrected chi connectivity index (χ1v) is 12.9. The molecule has 0 amide bonds. The number of benzene rings is 3. The molecule has 0 spiro atoms. The molecule has 4 fully saturated rings. The Labute approximate surface area is 213 Å². The van der Waals surface area contributed by atoms with Crippen LogP contribution in [0.2, 0.25) is 0 Å². The fraction of sp³-hybridized carbons (Fsp3) is 0.367. The van der Waals surface area contributed by atoms with E-state index in [4.69, 9.17) is 0 Å². The van der Waals surface area contributed by atoms with Crippen molar-refractivity contribution in [3.05, 3.63) is 83.4 Å². The molecule has 0 atom stereocenters. The maximum Gasteiger partial charge on any atom is 0.418 e. The van der Waals surface area contributed by atoms with Crippen molar-refractivity contribution in [2.75, 3.05) is 10.6 Å². The SMILES string of the molecule is O=C(O)c1ccccc1Nc1ccc(Nc2ccc(C34CC5CC(CC(C5)C3)C4)cc2)cc1C(F)(F)F. The van der Waals surface area contributed by atoms with Gasteiger partial charge < -0.3 is 15.7 Å². The monoisotopic (exact) mass is 506 g/mol. The topological polar surface area (TPSA) is 61.4 Å². The Morgan fingerprint density at radius 1 is 0.784 bits per heavy atom. The van der Waals surface area contributed by atoms with E-state index in [1.165, 1.54) is 68.4 Å². The van der Waals surface area contributed by atoms with Crippen LogP contribution in [0.15, 0.2) is 66.7 Å². The zero-order chi connectivity index (χ0) is 25.8. The molecule has 4 aliphatic rings. The molecule has 0 aromatic heterocycles. The normalized spacial score (nSPS) is 26.2. The summed E-state index contributed by atoms with van der Waals surface area (Å²) < 4.78 is 41.9. The minimum absolute atomic E-state index is 0.0986. The second-order valence-electron chi connectivity index (χ2n) is 11.1. The molecule has 7 rings (SSSR count). The Kier molecular flexibility index (Phi) is 5.70. The van der Waals surface area contributed by atoms with Crippen molar-refractivity contribution in [3.63, 3.8) is 0 Å². The van der Waals surface area contributed by atoms with E-state index in [2.05, 4.69) is 22.8 Å². The van der Waals surface area contributed by atoms with Crippen LogP contribution in [0.5, 0.6) is 0 Å². The van der Waals surface area contributed by atoms with Gasteiger partial charge in [-0.1, -0.05) is 24.3 Å². The average molecular weight is 507 g/mol. The molecule has 0 radical (unpaired) electrons. The van der Waals surface area contributed by atoms with E-state index in [0.717, 1.165) is 29.5 Å². The molecule has 0 unspecified atom stereocenters. The fourth-order valence-electron chi connectivity index (χ4n) is 7.43. The average Bonchev–Trinajstić information content (AvgIpc) is 2.84. The fourth-order valence-corrected chi connectivity index (χ4v) is 7.43. The highest BCUT2D eigenvalue weighted by atomic mass is 19.4. The van der Waals surface area contributed by atoms with Crippen molar-refractivity contribution < 1.29 is 23.1 Å². The van der Waals surface area contributed by atoms with Crippen LogP contribution in [0, 0.1) is 17.8 Å². The molecule has 192 valence electrons. The predicted octanol–water partition coefficient (Wildman–Crippen LogP) is 8.36. The summed E-state index contributed by atoms with van der Waals surface area (Å²) in [4.78, 5) is 11.5. The van der Waals surface area contributed by atoms with Crippen LogP contribution in [0.4, 0.5) is 35.9 Å². The lowest BCUT2D eigenvalue weighted by Gasteiger charge is -2.57. The predicted molar refractivity (Wildman–Crippen MR) is 138 cm³/mol. The molecular weight excluding hydrogens is 477 g/mol. The van der Waals surface area contributed by atoms with Gasteiger partial charge in [-0.2, -0.15) is 13.2 Å². The summed E-state index contributed by atoms with van der Waals surface area (Å²) in [5.74, 6) is 1.32. The number of carboxylic acid groups (broad SMARTS) is 1. The number of alkyl halides is 3. The van der Waals surface area contributed by atoms with Gasteiger partial charge in [0.15, 0.2) is 0 Å². The van der Waals surface area contributed by atoms with Crippen LogP contribution in [0.1, 0.15) is 60.0 Å². The number of anilines is 4. The second-order valence-corrected chi connectivity index (χ2v) is 11.1. The highest BCUT2D eigenvalue weighted by Gasteiger charge is 2.51. The molecule has 3 aromatic rings. The molecule has 4 bridgehead atoms. The zero-order valence-corrected chi connectivity index (χ0v) is 20.3. The molecule has 4 nitrogen and oxygen atoms in total. The number of aromatic carboxylic acids is 1. The van der Waals surface area contributed by atoms with Crippen molar-refractivity contribution >= 4 is 28.7 Å². The summed E-state index contributed by atoms with van der Waals surface area (Å²) >= 11 is 0. The Hall–Kier alpha value is -3.48. The minimum atomic E-state index is -4.62. The second kappa shape index (κ2) is 8.82.